The number of hydrogen-bond acceptors (Lipinski definition) is 4. The van der Waals surface area contributed by atoms with Gasteiger partial charge in [-0.15, -0.1) is 0 Å². The topological polar surface area (TPSA) is 48.5 Å². The minimum atomic E-state index is -4.49. The van der Waals surface area contributed by atoms with Crippen LogP contribution in [0.4, 0.5) is 30.4 Å². The van der Waals surface area contributed by atoms with E-state index in [1.54, 1.807) is 17.0 Å². The van der Waals surface area contributed by atoms with Crippen LogP contribution in [0.15, 0.2) is 30.5 Å². The van der Waals surface area contributed by atoms with E-state index in [1.807, 2.05) is 25.1 Å². The third-order valence-electron chi connectivity index (χ3n) is 5.01. The van der Waals surface area contributed by atoms with Gasteiger partial charge in [0.2, 0.25) is 5.91 Å². The lowest BCUT2D eigenvalue weighted by Gasteiger charge is -2.33. The summed E-state index contributed by atoms with van der Waals surface area (Å²) in [7, 11) is 3.75. The molecular weight excluding hydrogens is 440 g/mol. The van der Waals surface area contributed by atoms with Gasteiger partial charge in [0.05, 0.1) is 22.0 Å². The molecule has 30 heavy (non-hydrogen) atoms. The van der Waals surface area contributed by atoms with Gasteiger partial charge in [-0.05, 0) is 37.1 Å². The van der Waals surface area contributed by atoms with Crippen LogP contribution in [0.3, 0.4) is 0 Å². The Morgan fingerprint density at radius 2 is 1.87 bits per heavy atom. The van der Waals surface area contributed by atoms with E-state index in [2.05, 4.69) is 10.3 Å². The Hall–Kier alpha value is -2.19. The van der Waals surface area contributed by atoms with Crippen LogP contribution < -0.4 is 15.1 Å². The number of anilines is 3. The highest BCUT2D eigenvalue weighted by Crippen LogP contribution is 2.35. The van der Waals surface area contributed by atoms with Gasteiger partial charge in [0.15, 0.2) is 0 Å². The number of aromatic nitrogens is 1. The van der Waals surface area contributed by atoms with Crippen LogP contribution in [0, 0.1) is 5.92 Å². The van der Waals surface area contributed by atoms with Gasteiger partial charge in [-0.1, -0.05) is 23.2 Å². The first-order chi connectivity index (χ1) is 14.1. The first kappa shape index (κ1) is 22.5. The molecule has 0 radical (unpaired) electrons. The predicted octanol–water partition coefficient (Wildman–Crippen LogP) is 5.33. The molecule has 5 nitrogen and oxygen atoms in total. The van der Waals surface area contributed by atoms with E-state index in [0.29, 0.717) is 42.5 Å². The van der Waals surface area contributed by atoms with Crippen LogP contribution in [0.1, 0.15) is 18.4 Å². The van der Waals surface area contributed by atoms with Crippen molar-refractivity contribution in [1.82, 2.24) is 4.98 Å². The van der Waals surface area contributed by atoms with Crippen LogP contribution >= 0.6 is 23.2 Å². The molecule has 2 aromatic rings. The lowest BCUT2D eigenvalue weighted by atomic mass is 9.95. The van der Waals surface area contributed by atoms with Crippen molar-refractivity contribution in [2.45, 2.75) is 19.0 Å². The van der Waals surface area contributed by atoms with Gasteiger partial charge in [0.25, 0.3) is 0 Å². The number of rotatable bonds is 4. The molecule has 1 amide bonds. The number of hydrogen-bond donors (Lipinski definition) is 1. The number of pyridine rings is 1. The summed E-state index contributed by atoms with van der Waals surface area (Å²) in [6.07, 6.45) is -2.65. The van der Waals surface area contributed by atoms with E-state index in [-0.39, 0.29) is 16.8 Å². The largest absolute Gasteiger partial charge is 0.417 e. The number of carbonyl (C=O) groups excluding carboxylic acids is 1. The molecule has 0 unspecified atom stereocenters. The quantitative estimate of drug-likeness (QED) is 0.669. The average molecular weight is 461 g/mol. The molecule has 1 aromatic carbocycles. The first-order valence-electron chi connectivity index (χ1n) is 9.31. The van der Waals surface area contributed by atoms with Gasteiger partial charge < -0.3 is 15.1 Å². The van der Waals surface area contributed by atoms with Gasteiger partial charge in [0.1, 0.15) is 5.82 Å². The number of alkyl halides is 3. The molecule has 1 aliphatic heterocycles. The van der Waals surface area contributed by atoms with E-state index in [0.717, 1.165) is 18.0 Å². The Labute approximate surface area is 182 Å². The highest BCUT2D eigenvalue weighted by molar-refractivity contribution is 6.33. The van der Waals surface area contributed by atoms with Crippen molar-refractivity contribution in [3.05, 3.63) is 46.1 Å². The SMILES string of the molecule is CN(C)c1ccc(Cl)cc1NC(=O)C1CCN(c2ncc(C(F)(F)F)cc2Cl)CC1. The third kappa shape index (κ3) is 5.10. The molecule has 1 saturated heterocycles. The molecule has 0 bridgehead atoms. The maximum atomic E-state index is 12.8. The minimum Gasteiger partial charge on any atom is -0.376 e. The molecule has 162 valence electrons. The summed E-state index contributed by atoms with van der Waals surface area (Å²) in [5.41, 5.74) is 0.585. The molecule has 10 heteroatoms. The summed E-state index contributed by atoms with van der Waals surface area (Å²) in [4.78, 5) is 20.3. The van der Waals surface area contributed by atoms with Crippen LogP contribution in [0.2, 0.25) is 10.0 Å². The van der Waals surface area contributed by atoms with Crippen LogP contribution in [-0.4, -0.2) is 38.1 Å². The molecule has 2 heterocycles. The van der Waals surface area contributed by atoms with Gasteiger partial charge in [-0.2, -0.15) is 13.2 Å². The maximum absolute atomic E-state index is 12.8. The highest BCUT2D eigenvalue weighted by atomic mass is 35.5. The Kier molecular flexibility index (Phi) is 6.67. The van der Waals surface area contributed by atoms with Crippen molar-refractivity contribution in [3.8, 4) is 0 Å². The monoisotopic (exact) mass is 460 g/mol. The van der Waals surface area contributed by atoms with E-state index >= 15 is 0 Å². The van der Waals surface area contributed by atoms with Crippen molar-refractivity contribution in [2.75, 3.05) is 42.3 Å². The van der Waals surface area contributed by atoms with E-state index in [4.69, 9.17) is 23.2 Å². The lowest BCUT2D eigenvalue weighted by molar-refractivity contribution is -0.137. The lowest BCUT2D eigenvalue weighted by Crippen LogP contribution is -2.38. The predicted molar refractivity (Wildman–Crippen MR) is 114 cm³/mol. The van der Waals surface area contributed by atoms with Crippen LogP contribution in [0.25, 0.3) is 0 Å². The second-order valence-electron chi connectivity index (χ2n) is 7.33. The summed E-state index contributed by atoms with van der Waals surface area (Å²) in [5.74, 6) is -0.0526. The Morgan fingerprint density at radius 3 is 2.43 bits per heavy atom. The summed E-state index contributed by atoms with van der Waals surface area (Å²) in [5, 5.41) is 3.41. The fraction of sp³-hybridized carbons (Fsp3) is 0.400. The second kappa shape index (κ2) is 8.89. The van der Waals surface area contributed by atoms with Crippen molar-refractivity contribution in [2.24, 2.45) is 5.92 Å². The van der Waals surface area contributed by atoms with E-state index < -0.39 is 11.7 Å². The van der Waals surface area contributed by atoms with E-state index in [1.165, 1.54) is 0 Å². The number of carbonyl (C=O) groups is 1. The van der Waals surface area contributed by atoms with E-state index in [9.17, 15) is 18.0 Å². The number of halogens is 5. The zero-order valence-electron chi connectivity index (χ0n) is 16.4. The first-order valence-corrected chi connectivity index (χ1v) is 10.1. The zero-order chi connectivity index (χ0) is 22.1. The zero-order valence-corrected chi connectivity index (χ0v) is 17.9. The Bertz CT molecular complexity index is 929. The maximum Gasteiger partial charge on any atom is 0.417 e. The molecule has 1 fully saturated rings. The van der Waals surface area contributed by atoms with Gasteiger partial charge in [0, 0.05) is 44.3 Å². The molecule has 0 atom stereocenters. The Morgan fingerprint density at radius 1 is 1.20 bits per heavy atom. The van der Waals surface area contributed by atoms with Crippen molar-refractivity contribution >= 4 is 46.3 Å². The molecule has 0 spiro atoms. The standard InChI is InChI=1S/C20H21Cl2F3N4O/c1-28(2)17-4-3-14(21)10-16(17)27-19(30)12-5-7-29(8-6-12)18-15(22)9-13(11-26-18)20(23,24)25/h3-4,9-12H,5-8H2,1-2H3,(H,27,30). The van der Waals surface area contributed by atoms with Crippen molar-refractivity contribution < 1.29 is 18.0 Å². The summed E-state index contributed by atoms with van der Waals surface area (Å²) < 4.78 is 38.4. The fourth-order valence-corrected chi connectivity index (χ4v) is 3.86. The summed E-state index contributed by atoms with van der Waals surface area (Å²) in [6, 6.07) is 6.17. The normalized spacial score (nSPS) is 15.2. The molecule has 0 aliphatic carbocycles. The number of nitrogens with one attached hydrogen (secondary N) is 1. The van der Waals surface area contributed by atoms with Gasteiger partial charge >= 0.3 is 6.18 Å². The summed E-state index contributed by atoms with van der Waals surface area (Å²) in [6.45, 7) is 0.929. The Balaban J connectivity index is 1.65. The van der Waals surface area contributed by atoms with Crippen LogP contribution in [-0.2, 0) is 11.0 Å². The number of piperidine rings is 1. The molecule has 1 aliphatic rings. The van der Waals surface area contributed by atoms with Gasteiger partial charge in [-0.3, -0.25) is 4.79 Å². The van der Waals surface area contributed by atoms with Crippen LogP contribution in [0.5, 0.6) is 0 Å². The number of nitrogens with zero attached hydrogens (tertiary/aromatic N) is 3. The van der Waals surface area contributed by atoms with Crippen molar-refractivity contribution in [3.63, 3.8) is 0 Å². The highest BCUT2D eigenvalue weighted by Gasteiger charge is 2.33. The molecule has 1 N–H and O–H groups in total. The number of amides is 1. The second-order valence-corrected chi connectivity index (χ2v) is 8.18. The molecule has 1 aromatic heterocycles. The molecule has 0 saturated carbocycles. The smallest absolute Gasteiger partial charge is 0.376 e. The fourth-order valence-electron chi connectivity index (χ4n) is 3.41. The molecule has 3 rings (SSSR count). The minimum absolute atomic E-state index is 0.0534. The number of benzene rings is 1. The average Bonchev–Trinajstić information content (AvgIpc) is 2.67. The summed E-state index contributed by atoms with van der Waals surface area (Å²) >= 11 is 12.1. The third-order valence-corrected chi connectivity index (χ3v) is 5.53. The van der Waals surface area contributed by atoms with Gasteiger partial charge in [-0.25, -0.2) is 4.98 Å². The van der Waals surface area contributed by atoms with Crippen molar-refractivity contribution in [1.29, 1.82) is 0 Å². The molecular formula is C20H21Cl2F3N4O.